The number of alkyl halides is 2. The Kier molecular flexibility index (Phi) is 14.0. The van der Waals surface area contributed by atoms with E-state index in [0.29, 0.717) is 15.8 Å². The van der Waals surface area contributed by atoms with Crippen LogP contribution in [0, 0.1) is 5.82 Å². The number of primary amides is 1. The summed E-state index contributed by atoms with van der Waals surface area (Å²) in [5.41, 5.74) is 6.33. The zero-order valence-electron chi connectivity index (χ0n) is 24.0. The lowest BCUT2D eigenvalue weighted by Gasteiger charge is -2.36. The number of benzene rings is 2. The van der Waals surface area contributed by atoms with Crippen LogP contribution in [0.5, 0.6) is 11.5 Å². The first kappa shape index (κ1) is 35.7. The molecule has 0 heterocycles. The molecule has 2 aromatic carbocycles. The van der Waals surface area contributed by atoms with E-state index in [1.807, 2.05) is 0 Å². The van der Waals surface area contributed by atoms with Gasteiger partial charge in [0.25, 0.3) is 0 Å². The van der Waals surface area contributed by atoms with Crippen molar-refractivity contribution in [3.8, 4) is 11.5 Å². The molecule has 244 valence electrons. The number of hydrogen-bond acceptors (Lipinski definition) is 8. The Balaban J connectivity index is 1.96. The summed E-state index contributed by atoms with van der Waals surface area (Å²) in [6, 6.07) is 9.41. The highest BCUT2D eigenvalue weighted by molar-refractivity contribution is 9.10. The molecule has 4 unspecified atom stereocenters. The maximum absolute atomic E-state index is 14.1. The van der Waals surface area contributed by atoms with E-state index >= 15 is 0 Å². The molecule has 0 radical (unpaired) electrons. The summed E-state index contributed by atoms with van der Waals surface area (Å²) >= 11 is 14.6. The van der Waals surface area contributed by atoms with Crippen LogP contribution in [0.2, 0.25) is 0 Å². The van der Waals surface area contributed by atoms with Gasteiger partial charge in [-0.3, -0.25) is 9.59 Å². The first-order valence-electron chi connectivity index (χ1n) is 13.6. The van der Waals surface area contributed by atoms with Crippen molar-refractivity contribution in [1.29, 1.82) is 0 Å². The molecule has 0 bridgehead atoms. The van der Waals surface area contributed by atoms with Gasteiger partial charge in [0.05, 0.1) is 11.6 Å². The third kappa shape index (κ3) is 11.0. The van der Waals surface area contributed by atoms with E-state index in [2.05, 4.69) is 31.9 Å². The van der Waals surface area contributed by atoms with Gasteiger partial charge in [-0.2, -0.15) is 0 Å². The van der Waals surface area contributed by atoms with Crippen molar-refractivity contribution in [2.75, 3.05) is 32.0 Å². The number of rotatable bonds is 14. The molecule has 0 saturated heterocycles. The zero-order chi connectivity index (χ0) is 32.9. The first-order valence-corrected chi connectivity index (χ1v) is 15.5. The van der Waals surface area contributed by atoms with Crippen molar-refractivity contribution in [3.05, 3.63) is 70.0 Å². The molecular formula is C29H32BrCl2FN4O8. The van der Waals surface area contributed by atoms with Crippen LogP contribution in [0.15, 0.2) is 58.6 Å². The Labute approximate surface area is 277 Å². The maximum Gasteiger partial charge on any atom is 0.407 e. The number of alkyl carbamates (subject to hydrolysis) is 2. The van der Waals surface area contributed by atoms with E-state index in [-0.39, 0.29) is 49.0 Å². The molecule has 1 aliphatic rings. The molecule has 1 aliphatic carbocycles. The highest BCUT2D eigenvalue weighted by atomic mass is 79.9. The highest BCUT2D eigenvalue weighted by Gasteiger charge is 2.42. The minimum absolute atomic E-state index is 0.00698. The molecule has 45 heavy (non-hydrogen) atoms. The second kappa shape index (κ2) is 17.7. The number of ether oxygens (including phenoxy) is 4. The fourth-order valence-corrected chi connectivity index (χ4v) is 4.78. The third-order valence-corrected chi connectivity index (χ3v) is 7.43. The summed E-state index contributed by atoms with van der Waals surface area (Å²) in [7, 11) is 1.52. The average molecular weight is 734 g/mol. The van der Waals surface area contributed by atoms with Crippen molar-refractivity contribution in [1.82, 2.24) is 16.0 Å². The average Bonchev–Trinajstić information content (AvgIpc) is 3.01. The lowest BCUT2D eigenvalue weighted by atomic mass is 9.90. The van der Waals surface area contributed by atoms with E-state index in [1.54, 1.807) is 24.3 Å². The lowest BCUT2D eigenvalue weighted by Crippen LogP contribution is -2.52. The number of hydrogen-bond donors (Lipinski definition) is 4. The summed E-state index contributed by atoms with van der Waals surface area (Å²) < 4.78 is 36.8. The quantitative estimate of drug-likeness (QED) is 0.214. The largest absolute Gasteiger partial charge is 0.497 e. The van der Waals surface area contributed by atoms with Crippen LogP contribution in [0.3, 0.4) is 0 Å². The van der Waals surface area contributed by atoms with Crippen LogP contribution in [-0.2, 0) is 25.5 Å². The fourth-order valence-electron chi connectivity index (χ4n) is 4.25. The van der Waals surface area contributed by atoms with Crippen molar-refractivity contribution in [2.24, 2.45) is 5.73 Å². The van der Waals surface area contributed by atoms with Crippen LogP contribution in [0.1, 0.15) is 12.0 Å². The van der Waals surface area contributed by atoms with Crippen LogP contribution >= 0.6 is 39.1 Å². The van der Waals surface area contributed by atoms with E-state index in [1.165, 1.54) is 25.3 Å². The van der Waals surface area contributed by atoms with Crippen LogP contribution in [-0.4, -0.2) is 80.3 Å². The zero-order valence-corrected chi connectivity index (χ0v) is 27.1. The van der Waals surface area contributed by atoms with Gasteiger partial charge in [0.2, 0.25) is 11.8 Å². The molecule has 0 aliphatic heterocycles. The van der Waals surface area contributed by atoms with Gasteiger partial charge in [-0.15, -0.1) is 23.2 Å². The Morgan fingerprint density at radius 2 is 1.67 bits per heavy atom. The smallest absolute Gasteiger partial charge is 0.407 e. The number of nitrogens with two attached hydrogens (primary N) is 1. The highest BCUT2D eigenvalue weighted by Crippen LogP contribution is 2.32. The van der Waals surface area contributed by atoms with Crippen molar-refractivity contribution >= 4 is 63.1 Å². The summed E-state index contributed by atoms with van der Waals surface area (Å²) in [5.74, 6) is -1.34. The minimum Gasteiger partial charge on any atom is -0.497 e. The molecule has 5 N–H and O–H groups in total. The Hall–Kier alpha value is -3.75. The molecule has 4 amide bonds. The molecule has 12 nitrogen and oxygen atoms in total. The predicted octanol–water partition coefficient (Wildman–Crippen LogP) is 3.55. The second-order valence-electron chi connectivity index (χ2n) is 9.58. The van der Waals surface area contributed by atoms with Gasteiger partial charge in [0, 0.05) is 49.3 Å². The lowest BCUT2D eigenvalue weighted by molar-refractivity contribution is -0.126. The van der Waals surface area contributed by atoms with Crippen LogP contribution in [0.4, 0.5) is 14.0 Å². The number of methoxy groups -OCH3 is 1. The SMILES string of the molecule is COc1ccc(CC(NC(=O)C2=CC(Oc3cc(F)ccc3Br)C(OC(=O)NCCCl)C(OC(=O)NCCCl)C2)C(N)=O)cc1. The second-order valence-corrected chi connectivity index (χ2v) is 11.2. The van der Waals surface area contributed by atoms with Crippen LogP contribution < -0.4 is 31.2 Å². The van der Waals surface area contributed by atoms with Crippen molar-refractivity contribution in [2.45, 2.75) is 37.2 Å². The van der Waals surface area contributed by atoms with Crippen molar-refractivity contribution in [3.63, 3.8) is 0 Å². The van der Waals surface area contributed by atoms with Gasteiger partial charge in [-0.1, -0.05) is 12.1 Å². The Bertz CT molecular complexity index is 1380. The van der Waals surface area contributed by atoms with Gasteiger partial charge in [0.1, 0.15) is 29.5 Å². The summed E-state index contributed by atoms with van der Waals surface area (Å²) in [5, 5.41) is 7.50. The number of amides is 4. The number of carbonyl (C=O) groups is 4. The van der Waals surface area contributed by atoms with Gasteiger partial charge < -0.3 is 40.6 Å². The van der Waals surface area contributed by atoms with Gasteiger partial charge in [-0.05, 0) is 51.8 Å². The fraction of sp³-hybridized carbons (Fsp3) is 0.379. The topological polar surface area (TPSA) is 167 Å². The number of nitrogens with one attached hydrogen (secondary N) is 3. The van der Waals surface area contributed by atoms with Gasteiger partial charge in [0.15, 0.2) is 12.2 Å². The molecule has 4 atom stereocenters. The first-order chi connectivity index (χ1) is 21.5. The molecule has 16 heteroatoms. The standard InChI is InChI=1S/C29H32BrCl2FN4O8/c1-42-19-5-2-16(3-6-19)12-21(26(34)38)37-27(39)17-13-23(43-22-15-18(33)4-7-20(22)30)25(45-29(41)36-11-9-32)24(14-17)44-28(40)35-10-8-31/h2-7,13,15,21,23-25H,8-12,14H2,1H3,(H2,34,38)(H,35,40)(H,36,41)(H,37,39). The Morgan fingerprint density at radius 1 is 1.02 bits per heavy atom. The molecule has 0 saturated carbocycles. The van der Waals surface area contributed by atoms with E-state index in [0.717, 1.165) is 6.07 Å². The minimum atomic E-state index is -1.32. The summed E-state index contributed by atoms with van der Waals surface area (Å²) in [4.78, 5) is 51.1. The summed E-state index contributed by atoms with van der Waals surface area (Å²) in [6.45, 7) is 0.141. The number of carbonyl (C=O) groups excluding carboxylic acids is 4. The normalized spacial score (nSPS) is 18.1. The van der Waals surface area contributed by atoms with E-state index in [9.17, 15) is 23.6 Å². The molecule has 0 fully saturated rings. The van der Waals surface area contributed by atoms with E-state index < -0.39 is 54.2 Å². The van der Waals surface area contributed by atoms with Gasteiger partial charge >= 0.3 is 12.2 Å². The summed E-state index contributed by atoms with van der Waals surface area (Å²) in [6.07, 6.45) is -4.53. The maximum atomic E-state index is 14.1. The molecule has 0 spiro atoms. The third-order valence-electron chi connectivity index (χ3n) is 6.40. The molecule has 0 aromatic heterocycles. The molecular weight excluding hydrogens is 702 g/mol. The van der Waals surface area contributed by atoms with Gasteiger partial charge in [-0.25, -0.2) is 14.0 Å². The Morgan fingerprint density at radius 3 is 2.27 bits per heavy atom. The monoisotopic (exact) mass is 732 g/mol. The van der Waals surface area contributed by atoms with Crippen molar-refractivity contribution < 1.29 is 42.5 Å². The van der Waals surface area contributed by atoms with E-state index in [4.69, 9.17) is 47.9 Å². The number of halogens is 4. The molecule has 3 rings (SSSR count). The predicted molar refractivity (Wildman–Crippen MR) is 167 cm³/mol. The van der Waals surface area contributed by atoms with Crippen LogP contribution in [0.25, 0.3) is 0 Å². The molecule has 2 aromatic rings.